The predicted molar refractivity (Wildman–Crippen MR) is 117 cm³/mol. The molecule has 0 spiro atoms. The van der Waals surface area contributed by atoms with Gasteiger partial charge in [0.1, 0.15) is 0 Å². The molecule has 3 aromatic rings. The number of thioether (sulfide) groups is 1. The first-order valence-electron chi connectivity index (χ1n) is 8.69. The average molecular weight is 435 g/mol. The Morgan fingerprint density at radius 1 is 1.14 bits per heavy atom. The van der Waals surface area contributed by atoms with Crippen LogP contribution in [0.1, 0.15) is 21.5 Å². The zero-order chi connectivity index (χ0) is 20.5. The first kappa shape index (κ1) is 20.8. The first-order chi connectivity index (χ1) is 13.2. The van der Waals surface area contributed by atoms with Crippen LogP contribution < -0.4 is 4.80 Å². The Morgan fingerprint density at radius 2 is 1.89 bits per heavy atom. The molecule has 0 N–H and O–H groups in total. The van der Waals surface area contributed by atoms with E-state index in [1.165, 1.54) is 17.6 Å². The molecule has 3 rings (SSSR count). The van der Waals surface area contributed by atoms with Crippen molar-refractivity contribution in [3.63, 3.8) is 0 Å². The number of hydrogen-bond donors (Lipinski definition) is 0. The topological polar surface area (TPSA) is 68.5 Å². The fourth-order valence-corrected chi connectivity index (χ4v) is 4.97. The minimum atomic E-state index is -3.29. The lowest BCUT2D eigenvalue weighted by Gasteiger charge is -2.05. The monoisotopic (exact) mass is 434 g/mol. The van der Waals surface area contributed by atoms with Gasteiger partial charge in [0.15, 0.2) is 14.6 Å². The molecule has 0 aliphatic heterocycles. The third-order valence-corrected chi connectivity index (χ3v) is 7.29. The molecule has 0 bridgehead atoms. The molecule has 0 unspecified atom stereocenters. The summed E-state index contributed by atoms with van der Waals surface area (Å²) < 4.78 is 26.5. The summed E-state index contributed by atoms with van der Waals surface area (Å²) in [6.07, 6.45) is 3.21. The van der Waals surface area contributed by atoms with Crippen LogP contribution in [0.2, 0.25) is 0 Å². The van der Waals surface area contributed by atoms with Gasteiger partial charge in [0.25, 0.3) is 5.91 Å². The molecule has 0 aliphatic rings. The summed E-state index contributed by atoms with van der Waals surface area (Å²) in [5.74, 6) is 0.570. The average Bonchev–Trinajstić information content (AvgIpc) is 2.97. The maximum atomic E-state index is 12.7. The van der Waals surface area contributed by atoms with Gasteiger partial charge in [-0.05, 0) is 61.6 Å². The van der Waals surface area contributed by atoms with E-state index in [2.05, 4.69) is 4.99 Å². The number of nitrogens with zero attached hydrogens (tertiary/aromatic N) is 2. The van der Waals surface area contributed by atoms with E-state index < -0.39 is 9.84 Å². The van der Waals surface area contributed by atoms with Crippen LogP contribution in [0.3, 0.4) is 0 Å². The lowest BCUT2D eigenvalue weighted by atomic mass is 10.1. The number of carbonyl (C=O) groups is 1. The lowest BCUT2D eigenvalue weighted by Crippen LogP contribution is -2.18. The number of amides is 1. The number of benzene rings is 2. The molecule has 0 saturated heterocycles. The van der Waals surface area contributed by atoms with Crippen molar-refractivity contribution in [1.82, 2.24) is 4.57 Å². The highest BCUT2D eigenvalue weighted by atomic mass is 32.2. The molecule has 1 heterocycles. The van der Waals surface area contributed by atoms with Crippen LogP contribution in [0.4, 0.5) is 0 Å². The molecule has 5 nitrogen and oxygen atoms in total. The van der Waals surface area contributed by atoms with Gasteiger partial charge < -0.3 is 4.57 Å². The van der Waals surface area contributed by atoms with Crippen molar-refractivity contribution in [3.05, 3.63) is 57.9 Å². The van der Waals surface area contributed by atoms with Crippen LogP contribution in [0.25, 0.3) is 10.2 Å². The van der Waals surface area contributed by atoms with Crippen molar-refractivity contribution in [3.8, 4) is 0 Å². The van der Waals surface area contributed by atoms with Crippen LogP contribution >= 0.6 is 23.1 Å². The second-order valence-electron chi connectivity index (χ2n) is 6.65. The van der Waals surface area contributed by atoms with Gasteiger partial charge in [-0.1, -0.05) is 17.4 Å². The second kappa shape index (κ2) is 8.23. The number of fused-ring (bicyclic) bond motifs is 1. The molecule has 148 valence electrons. The maximum Gasteiger partial charge on any atom is 0.279 e. The molecule has 2 aromatic carbocycles. The van der Waals surface area contributed by atoms with Crippen molar-refractivity contribution in [2.24, 2.45) is 4.99 Å². The Hall–Kier alpha value is -1.90. The summed E-state index contributed by atoms with van der Waals surface area (Å²) in [5.41, 5.74) is 3.61. The molecule has 1 aromatic heterocycles. The molecule has 0 atom stereocenters. The molecule has 28 heavy (non-hydrogen) atoms. The third-order valence-electron chi connectivity index (χ3n) is 4.55. The van der Waals surface area contributed by atoms with Crippen LogP contribution in [-0.2, 0) is 16.4 Å². The van der Waals surface area contributed by atoms with E-state index in [-0.39, 0.29) is 10.8 Å². The van der Waals surface area contributed by atoms with Gasteiger partial charge in [0, 0.05) is 24.1 Å². The Kier molecular flexibility index (Phi) is 6.12. The van der Waals surface area contributed by atoms with Crippen molar-refractivity contribution >= 4 is 49.1 Å². The number of aryl methyl sites for hydroxylation is 3. The summed E-state index contributed by atoms with van der Waals surface area (Å²) in [7, 11) is -3.29. The molecule has 0 fully saturated rings. The number of aromatic nitrogens is 1. The van der Waals surface area contributed by atoms with Gasteiger partial charge in [-0.15, -0.1) is 0 Å². The van der Waals surface area contributed by atoms with Crippen molar-refractivity contribution in [2.75, 3.05) is 18.3 Å². The Bertz CT molecular complexity index is 1220. The maximum absolute atomic E-state index is 12.7. The van der Waals surface area contributed by atoms with Gasteiger partial charge >= 0.3 is 0 Å². The smallest absolute Gasteiger partial charge is 0.279 e. The SMILES string of the molecule is CSCCn1c(=NC(=O)c2ccc(C)c(C)c2)sc2cc(S(C)(=O)=O)ccc21. The summed E-state index contributed by atoms with van der Waals surface area (Å²) >= 11 is 3.04. The number of thiazole rings is 1. The molecule has 8 heteroatoms. The van der Waals surface area contributed by atoms with Gasteiger partial charge in [0.05, 0.1) is 15.1 Å². The summed E-state index contributed by atoms with van der Waals surface area (Å²) in [6.45, 7) is 4.66. The van der Waals surface area contributed by atoms with E-state index in [0.29, 0.717) is 16.9 Å². The number of sulfone groups is 1. The van der Waals surface area contributed by atoms with Gasteiger partial charge in [0.2, 0.25) is 0 Å². The van der Waals surface area contributed by atoms with E-state index in [4.69, 9.17) is 0 Å². The highest BCUT2D eigenvalue weighted by molar-refractivity contribution is 7.98. The molecular weight excluding hydrogens is 412 g/mol. The fourth-order valence-electron chi connectivity index (χ4n) is 2.79. The minimum Gasteiger partial charge on any atom is -0.316 e. The Labute approximate surface area is 173 Å². The molecule has 0 radical (unpaired) electrons. The van der Waals surface area contributed by atoms with Crippen LogP contribution in [0.5, 0.6) is 0 Å². The zero-order valence-corrected chi connectivity index (χ0v) is 18.7. The summed E-state index contributed by atoms with van der Waals surface area (Å²) in [4.78, 5) is 17.9. The van der Waals surface area contributed by atoms with E-state index in [1.54, 1.807) is 36.0 Å². The number of hydrogen-bond acceptors (Lipinski definition) is 5. The van der Waals surface area contributed by atoms with Crippen LogP contribution in [0, 0.1) is 13.8 Å². The van der Waals surface area contributed by atoms with Gasteiger partial charge in [-0.3, -0.25) is 4.79 Å². The lowest BCUT2D eigenvalue weighted by molar-refractivity contribution is 0.0997. The molecule has 0 aliphatic carbocycles. The van der Waals surface area contributed by atoms with E-state index in [1.807, 2.05) is 36.8 Å². The van der Waals surface area contributed by atoms with Crippen molar-refractivity contribution in [1.29, 1.82) is 0 Å². The second-order valence-corrected chi connectivity index (χ2v) is 10.7. The van der Waals surface area contributed by atoms with E-state index in [9.17, 15) is 13.2 Å². The van der Waals surface area contributed by atoms with Crippen molar-refractivity contribution < 1.29 is 13.2 Å². The number of carbonyl (C=O) groups excluding carboxylic acids is 1. The quantitative estimate of drug-likeness (QED) is 0.612. The number of rotatable bonds is 5. The van der Waals surface area contributed by atoms with Gasteiger partial charge in [-0.25, -0.2) is 8.42 Å². The van der Waals surface area contributed by atoms with Crippen LogP contribution in [0.15, 0.2) is 46.3 Å². The summed E-state index contributed by atoms with van der Waals surface area (Å²) in [6, 6.07) is 10.6. The molecular formula is C20H22N2O3S3. The fraction of sp³-hybridized carbons (Fsp3) is 0.300. The van der Waals surface area contributed by atoms with E-state index >= 15 is 0 Å². The van der Waals surface area contributed by atoms with Crippen LogP contribution in [-0.4, -0.2) is 37.2 Å². The first-order valence-corrected chi connectivity index (χ1v) is 12.8. The highest BCUT2D eigenvalue weighted by Gasteiger charge is 2.13. The normalized spacial score (nSPS) is 12.6. The highest BCUT2D eigenvalue weighted by Crippen LogP contribution is 2.22. The standard InChI is InChI=1S/C20H22N2O3S3/c1-13-5-6-15(11-14(13)2)19(23)21-20-22(9-10-26-3)17-8-7-16(28(4,24)25)12-18(17)27-20/h5-8,11-12H,9-10H2,1-4H3. The Morgan fingerprint density at radius 3 is 2.54 bits per heavy atom. The molecule has 0 saturated carbocycles. The summed E-state index contributed by atoms with van der Waals surface area (Å²) in [5, 5.41) is 0. The van der Waals surface area contributed by atoms with Crippen molar-refractivity contribution in [2.45, 2.75) is 25.3 Å². The van der Waals surface area contributed by atoms with E-state index in [0.717, 1.165) is 27.1 Å². The minimum absolute atomic E-state index is 0.269. The third kappa shape index (κ3) is 4.39. The Balaban J connectivity index is 2.15. The largest absolute Gasteiger partial charge is 0.316 e. The predicted octanol–water partition coefficient (Wildman–Crippen LogP) is 3.83. The molecule has 1 amide bonds. The zero-order valence-electron chi connectivity index (χ0n) is 16.2. The van der Waals surface area contributed by atoms with Gasteiger partial charge in [-0.2, -0.15) is 16.8 Å².